The lowest BCUT2D eigenvalue weighted by molar-refractivity contribution is -0.142. The maximum atomic E-state index is 13.2. The predicted octanol–water partition coefficient (Wildman–Crippen LogP) is 3.07. The summed E-state index contributed by atoms with van der Waals surface area (Å²) in [5, 5.41) is 2.94. The summed E-state index contributed by atoms with van der Waals surface area (Å²) in [7, 11) is 1.57. The number of methoxy groups -OCH3 is 1. The Morgan fingerprint density at radius 3 is 2.31 bits per heavy atom. The molecule has 29 heavy (non-hydrogen) atoms. The van der Waals surface area contributed by atoms with Crippen molar-refractivity contribution in [3.63, 3.8) is 0 Å². The van der Waals surface area contributed by atoms with Gasteiger partial charge in [0.15, 0.2) is 0 Å². The van der Waals surface area contributed by atoms with Gasteiger partial charge in [0.25, 0.3) is 0 Å². The van der Waals surface area contributed by atoms with Gasteiger partial charge in [-0.2, -0.15) is 0 Å². The van der Waals surface area contributed by atoms with E-state index in [1.54, 1.807) is 7.11 Å². The van der Waals surface area contributed by atoms with E-state index >= 15 is 0 Å². The Hall–Kier alpha value is -3.02. The lowest BCUT2D eigenvalue weighted by atomic mass is 10.0. The number of carbonyl (C=O) groups excluding carboxylic acids is 2. The fourth-order valence-electron chi connectivity index (χ4n) is 3.93. The first kappa shape index (κ1) is 19.3. The minimum Gasteiger partial charge on any atom is -0.495 e. The quantitative estimate of drug-likeness (QED) is 0.793. The molecule has 1 N–H and O–H groups in total. The number of rotatable bonds is 5. The minimum absolute atomic E-state index is 0.0469. The monoisotopic (exact) mass is 393 g/mol. The molecule has 0 aromatic heterocycles. The molecule has 6 heteroatoms. The summed E-state index contributed by atoms with van der Waals surface area (Å²) in [5.74, 6) is 0.329. The smallest absolute Gasteiger partial charge is 0.240 e. The number of nitrogens with one attached hydrogen (secondary N) is 1. The van der Waals surface area contributed by atoms with E-state index in [4.69, 9.17) is 4.74 Å². The number of nitrogens with zero attached hydrogens (tertiary/aromatic N) is 2. The van der Waals surface area contributed by atoms with E-state index in [-0.39, 0.29) is 11.8 Å². The van der Waals surface area contributed by atoms with Crippen LogP contribution in [0.15, 0.2) is 48.5 Å². The summed E-state index contributed by atoms with van der Waals surface area (Å²) in [4.78, 5) is 30.3. The van der Waals surface area contributed by atoms with Gasteiger partial charge >= 0.3 is 0 Å². The van der Waals surface area contributed by atoms with Gasteiger partial charge in [0.2, 0.25) is 11.8 Å². The third-order valence-electron chi connectivity index (χ3n) is 5.89. The molecule has 1 saturated heterocycles. The highest BCUT2D eigenvalue weighted by Crippen LogP contribution is 2.48. The van der Waals surface area contributed by atoms with Crippen molar-refractivity contribution in [3.8, 4) is 5.75 Å². The SMILES string of the molecule is COc1ccc(C)cc1NC(=O)C1(C(=O)N2CCN(c3ccccc3)CC2)CC1. The van der Waals surface area contributed by atoms with Gasteiger partial charge < -0.3 is 19.9 Å². The largest absolute Gasteiger partial charge is 0.495 e. The number of anilines is 2. The van der Waals surface area contributed by atoms with E-state index in [1.807, 2.05) is 48.2 Å². The Morgan fingerprint density at radius 1 is 1.00 bits per heavy atom. The number of hydrogen-bond acceptors (Lipinski definition) is 4. The number of piperazine rings is 1. The molecular weight excluding hydrogens is 366 g/mol. The van der Waals surface area contributed by atoms with Crippen molar-refractivity contribution < 1.29 is 14.3 Å². The molecule has 1 saturated carbocycles. The van der Waals surface area contributed by atoms with Crippen LogP contribution in [0.4, 0.5) is 11.4 Å². The van der Waals surface area contributed by atoms with Crippen molar-refractivity contribution in [2.24, 2.45) is 5.41 Å². The Balaban J connectivity index is 1.41. The average molecular weight is 393 g/mol. The number of amides is 2. The van der Waals surface area contributed by atoms with Crippen LogP contribution in [0.2, 0.25) is 0 Å². The van der Waals surface area contributed by atoms with Crippen LogP contribution in [0.5, 0.6) is 5.75 Å². The molecular formula is C23H27N3O3. The summed E-state index contributed by atoms with van der Waals surface area (Å²) in [6.45, 7) is 4.78. The number of para-hydroxylation sites is 1. The molecule has 1 heterocycles. The summed E-state index contributed by atoms with van der Waals surface area (Å²) < 4.78 is 5.35. The molecule has 2 aliphatic rings. The van der Waals surface area contributed by atoms with Gasteiger partial charge in [0.05, 0.1) is 12.8 Å². The Labute approximate surface area is 171 Å². The van der Waals surface area contributed by atoms with Crippen LogP contribution in [0, 0.1) is 12.3 Å². The first-order chi connectivity index (χ1) is 14.0. The fourth-order valence-corrected chi connectivity index (χ4v) is 3.93. The van der Waals surface area contributed by atoms with E-state index in [1.165, 1.54) is 5.69 Å². The van der Waals surface area contributed by atoms with Crippen LogP contribution in [-0.4, -0.2) is 50.0 Å². The lowest BCUT2D eigenvalue weighted by Gasteiger charge is -2.37. The summed E-state index contributed by atoms with van der Waals surface area (Å²) in [6.07, 6.45) is 1.20. The number of benzene rings is 2. The Morgan fingerprint density at radius 2 is 1.69 bits per heavy atom. The second-order valence-electron chi connectivity index (χ2n) is 7.85. The van der Waals surface area contributed by atoms with E-state index in [0.29, 0.717) is 37.4 Å². The van der Waals surface area contributed by atoms with E-state index in [2.05, 4.69) is 22.3 Å². The molecule has 152 valence electrons. The molecule has 2 amide bonds. The molecule has 2 fully saturated rings. The number of hydrogen-bond donors (Lipinski definition) is 1. The van der Waals surface area contributed by atoms with Crippen molar-refractivity contribution in [2.45, 2.75) is 19.8 Å². The second kappa shape index (κ2) is 7.78. The zero-order valence-electron chi connectivity index (χ0n) is 17.0. The van der Waals surface area contributed by atoms with Crippen molar-refractivity contribution >= 4 is 23.2 Å². The molecule has 2 aromatic carbocycles. The number of aryl methyl sites for hydroxylation is 1. The van der Waals surface area contributed by atoms with Crippen LogP contribution in [0.1, 0.15) is 18.4 Å². The standard InChI is InChI=1S/C23H27N3O3/c1-17-8-9-20(29-2)19(16-17)24-21(27)23(10-11-23)22(28)26-14-12-25(13-15-26)18-6-4-3-5-7-18/h3-9,16H,10-15H2,1-2H3,(H,24,27). The van der Waals surface area contributed by atoms with Gasteiger partial charge in [-0.15, -0.1) is 0 Å². The maximum absolute atomic E-state index is 13.2. The normalized spacial score (nSPS) is 17.6. The molecule has 1 aliphatic carbocycles. The zero-order valence-corrected chi connectivity index (χ0v) is 17.0. The average Bonchev–Trinajstić information content (AvgIpc) is 3.56. The van der Waals surface area contributed by atoms with Crippen LogP contribution >= 0.6 is 0 Å². The van der Waals surface area contributed by atoms with Crippen molar-refractivity contribution in [1.29, 1.82) is 0 Å². The molecule has 4 rings (SSSR count). The lowest BCUT2D eigenvalue weighted by Crippen LogP contribution is -2.52. The van der Waals surface area contributed by atoms with Gasteiger partial charge in [0, 0.05) is 31.9 Å². The molecule has 6 nitrogen and oxygen atoms in total. The highest BCUT2D eigenvalue weighted by atomic mass is 16.5. The van der Waals surface area contributed by atoms with E-state index in [0.717, 1.165) is 18.7 Å². The highest BCUT2D eigenvalue weighted by Gasteiger charge is 2.58. The minimum atomic E-state index is -0.927. The molecule has 0 bridgehead atoms. The predicted molar refractivity (Wildman–Crippen MR) is 113 cm³/mol. The van der Waals surface area contributed by atoms with E-state index in [9.17, 15) is 9.59 Å². The molecule has 2 aromatic rings. The maximum Gasteiger partial charge on any atom is 0.240 e. The fraction of sp³-hybridized carbons (Fsp3) is 0.391. The highest BCUT2D eigenvalue weighted by molar-refractivity contribution is 6.13. The molecule has 1 aliphatic heterocycles. The molecule has 0 atom stereocenters. The second-order valence-corrected chi connectivity index (χ2v) is 7.85. The van der Waals surface area contributed by atoms with Crippen molar-refractivity contribution in [3.05, 3.63) is 54.1 Å². The topological polar surface area (TPSA) is 61.9 Å². The van der Waals surface area contributed by atoms with Crippen LogP contribution in [0.25, 0.3) is 0 Å². The van der Waals surface area contributed by atoms with Gasteiger partial charge in [-0.05, 0) is 49.6 Å². The first-order valence-corrected chi connectivity index (χ1v) is 10.1. The van der Waals surface area contributed by atoms with Crippen molar-refractivity contribution in [2.75, 3.05) is 43.5 Å². The molecule has 0 unspecified atom stereocenters. The summed E-state index contributed by atoms with van der Waals surface area (Å²) >= 11 is 0. The Bertz CT molecular complexity index is 901. The van der Waals surface area contributed by atoms with Gasteiger partial charge in [-0.25, -0.2) is 0 Å². The van der Waals surface area contributed by atoms with Gasteiger partial charge in [-0.3, -0.25) is 9.59 Å². The van der Waals surface area contributed by atoms with Gasteiger partial charge in [-0.1, -0.05) is 24.3 Å². The van der Waals surface area contributed by atoms with E-state index < -0.39 is 5.41 Å². The Kier molecular flexibility index (Phi) is 5.18. The van der Waals surface area contributed by atoms with Gasteiger partial charge in [0.1, 0.15) is 11.2 Å². The van der Waals surface area contributed by atoms with Crippen LogP contribution < -0.4 is 15.0 Å². The van der Waals surface area contributed by atoms with Crippen LogP contribution in [0.3, 0.4) is 0 Å². The third kappa shape index (κ3) is 3.79. The number of ether oxygens (including phenoxy) is 1. The summed E-state index contributed by atoms with van der Waals surface area (Å²) in [5.41, 5.74) is 1.88. The first-order valence-electron chi connectivity index (χ1n) is 10.1. The molecule has 0 radical (unpaired) electrons. The molecule has 0 spiro atoms. The zero-order chi connectivity index (χ0) is 20.4. The van der Waals surface area contributed by atoms with Crippen LogP contribution in [-0.2, 0) is 9.59 Å². The number of carbonyl (C=O) groups is 2. The summed E-state index contributed by atoms with van der Waals surface area (Å²) in [6, 6.07) is 15.8. The van der Waals surface area contributed by atoms with Crippen molar-refractivity contribution in [1.82, 2.24) is 4.90 Å². The third-order valence-corrected chi connectivity index (χ3v) is 5.89.